The minimum absolute atomic E-state index is 0.365. The van der Waals surface area contributed by atoms with Crippen LogP contribution in [0.1, 0.15) is 44.6 Å². The zero-order valence-corrected chi connectivity index (χ0v) is 18.2. The van der Waals surface area contributed by atoms with E-state index in [1.807, 2.05) is 6.07 Å². The van der Waals surface area contributed by atoms with E-state index >= 15 is 0 Å². The van der Waals surface area contributed by atoms with Gasteiger partial charge in [-0.1, -0.05) is 31.9 Å². The Labute approximate surface area is 176 Å². The number of aliphatic hydroxyl groups is 1. The van der Waals surface area contributed by atoms with Crippen LogP contribution in [0.15, 0.2) is 24.3 Å². The van der Waals surface area contributed by atoms with Crippen molar-refractivity contribution in [3.8, 4) is 5.75 Å². The summed E-state index contributed by atoms with van der Waals surface area (Å²) in [4.78, 5) is 7.43. The lowest BCUT2D eigenvalue weighted by molar-refractivity contribution is 0.0470. The molecular weight excluding hydrogens is 362 g/mol. The highest BCUT2D eigenvalue weighted by Gasteiger charge is 2.39. The van der Waals surface area contributed by atoms with Crippen molar-refractivity contribution in [3.63, 3.8) is 0 Å². The first-order valence-electron chi connectivity index (χ1n) is 11.7. The molecule has 2 aliphatic heterocycles. The van der Waals surface area contributed by atoms with Crippen LogP contribution in [0.2, 0.25) is 0 Å². The van der Waals surface area contributed by atoms with Crippen LogP contribution in [0.4, 0.5) is 0 Å². The van der Waals surface area contributed by atoms with Crippen molar-refractivity contribution in [3.05, 3.63) is 29.8 Å². The number of hydrogen-bond acceptors (Lipinski definition) is 5. The molecule has 0 radical (unpaired) electrons. The molecule has 2 saturated heterocycles. The molecule has 5 heteroatoms. The molecule has 1 aromatic rings. The van der Waals surface area contributed by atoms with Gasteiger partial charge in [-0.2, -0.15) is 0 Å². The molecule has 2 heterocycles. The first-order chi connectivity index (χ1) is 14.1. The maximum absolute atomic E-state index is 10.4. The Morgan fingerprint density at radius 2 is 1.76 bits per heavy atom. The van der Waals surface area contributed by atoms with Gasteiger partial charge in [-0.3, -0.25) is 9.80 Å². The van der Waals surface area contributed by atoms with E-state index in [9.17, 15) is 5.11 Å². The summed E-state index contributed by atoms with van der Waals surface area (Å²) in [5.74, 6) is 0.882. The lowest BCUT2D eigenvalue weighted by Gasteiger charge is -2.34. The molecule has 4 rings (SSSR count). The fourth-order valence-electron chi connectivity index (χ4n) is 5.52. The third-order valence-corrected chi connectivity index (χ3v) is 7.31. The second-order valence-electron chi connectivity index (χ2n) is 9.51. The first kappa shape index (κ1) is 21.1. The Morgan fingerprint density at radius 3 is 2.52 bits per heavy atom. The van der Waals surface area contributed by atoms with Gasteiger partial charge in [0.25, 0.3) is 0 Å². The van der Waals surface area contributed by atoms with E-state index in [-0.39, 0.29) is 0 Å². The van der Waals surface area contributed by atoms with Crippen LogP contribution in [-0.2, 0) is 6.54 Å². The van der Waals surface area contributed by atoms with Gasteiger partial charge in [0.15, 0.2) is 0 Å². The molecule has 0 amide bonds. The Balaban J connectivity index is 1.21. The SMILES string of the molecule is CCN1CCN(CC(O)COc2cccc(CN3CCC4(CCCC4)C3)c2)CC1. The molecule has 1 saturated carbocycles. The van der Waals surface area contributed by atoms with Crippen LogP contribution in [0.3, 0.4) is 0 Å². The largest absolute Gasteiger partial charge is 0.491 e. The highest BCUT2D eigenvalue weighted by atomic mass is 16.5. The minimum atomic E-state index is -0.437. The van der Waals surface area contributed by atoms with E-state index in [0.717, 1.165) is 45.0 Å². The van der Waals surface area contributed by atoms with Gasteiger partial charge in [0.2, 0.25) is 0 Å². The number of β-amino-alcohol motifs (C(OH)–C–C–N with tert-alkyl or cyclic N) is 1. The average molecular weight is 402 g/mol. The molecule has 162 valence electrons. The quantitative estimate of drug-likeness (QED) is 0.725. The fraction of sp³-hybridized carbons (Fsp3) is 0.750. The molecule has 1 N–H and O–H groups in total. The number of ether oxygens (including phenoxy) is 1. The monoisotopic (exact) mass is 401 g/mol. The predicted octanol–water partition coefficient (Wildman–Crippen LogP) is 2.83. The number of likely N-dealkylation sites (tertiary alicyclic amines) is 1. The molecule has 3 fully saturated rings. The van der Waals surface area contributed by atoms with Crippen molar-refractivity contribution in [2.24, 2.45) is 5.41 Å². The maximum Gasteiger partial charge on any atom is 0.119 e. The van der Waals surface area contributed by atoms with Crippen molar-refractivity contribution in [2.75, 3.05) is 59.0 Å². The van der Waals surface area contributed by atoms with E-state index in [1.54, 1.807) is 0 Å². The maximum atomic E-state index is 10.4. The Morgan fingerprint density at radius 1 is 1.00 bits per heavy atom. The summed E-state index contributed by atoms with van der Waals surface area (Å²) in [5, 5.41) is 10.4. The van der Waals surface area contributed by atoms with E-state index in [2.05, 4.69) is 39.8 Å². The highest BCUT2D eigenvalue weighted by Crippen LogP contribution is 2.45. The predicted molar refractivity (Wildman–Crippen MR) is 117 cm³/mol. The molecule has 1 atom stereocenters. The van der Waals surface area contributed by atoms with Crippen molar-refractivity contribution in [1.29, 1.82) is 0 Å². The molecular formula is C24H39N3O2. The summed E-state index contributed by atoms with van der Waals surface area (Å²) in [5.41, 5.74) is 1.95. The smallest absolute Gasteiger partial charge is 0.119 e. The van der Waals surface area contributed by atoms with Crippen molar-refractivity contribution >= 4 is 0 Å². The van der Waals surface area contributed by atoms with E-state index in [0.29, 0.717) is 18.6 Å². The third-order valence-electron chi connectivity index (χ3n) is 7.31. The highest BCUT2D eigenvalue weighted by molar-refractivity contribution is 5.28. The molecule has 1 aliphatic carbocycles. The van der Waals surface area contributed by atoms with Gasteiger partial charge in [-0.15, -0.1) is 0 Å². The summed E-state index contributed by atoms with van der Waals surface area (Å²) in [6.07, 6.45) is 6.65. The van der Waals surface area contributed by atoms with E-state index < -0.39 is 6.10 Å². The lowest BCUT2D eigenvalue weighted by Crippen LogP contribution is -2.49. The van der Waals surface area contributed by atoms with E-state index in [4.69, 9.17) is 4.74 Å². The number of likely N-dealkylation sites (N-methyl/N-ethyl adjacent to an activating group) is 1. The molecule has 5 nitrogen and oxygen atoms in total. The zero-order valence-electron chi connectivity index (χ0n) is 18.2. The van der Waals surface area contributed by atoms with Crippen LogP contribution in [-0.4, -0.2) is 84.9 Å². The number of benzene rings is 1. The van der Waals surface area contributed by atoms with Crippen molar-refractivity contribution in [1.82, 2.24) is 14.7 Å². The summed E-state index contributed by atoms with van der Waals surface area (Å²) in [7, 11) is 0. The van der Waals surface area contributed by atoms with Crippen molar-refractivity contribution in [2.45, 2.75) is 51.7 Å². The third kappa shape index (κ3) is 5.72. The second-order valence-corrected chi connectivity index (χ2v) is 9.51. The summed E-state index contributed by atoms with van der Waals surface area (Å²) < 4.78 is 5.94. The summed E-state index contributed by atoms with van der Waals surface area (Å²) in [6, 6.07) is 8.46. The zero-order chi connectivity index (χ0) is 20.1. The number of rotatable bonds is 8. The van der Waals surface area contributed by atoms with Crippen LogP contribution in [0, 0.1) is 5.41 Å². The lowest BCUT2D eigenvalue weighted by atomic mass is 9.86. The first-order valence-corrected chi connectivity index (χ1v) is 11.7. The van der Waals surface area contributed by atoms with Gasteiger partial charge in [0.1, 0.15) is 18.5 Å². The summed E-state index contributed by atoms with van der Waals surface area (Å²) in [6.45, 7) is 12.2. The Kier molecular flexibility index (Phi) is 7.12. The molecule has 1 spiro atoms. The van der Waals surface area contributed by atoms with E-state index in [1.165, 1.54) is 50.8 Å². The minimum Gasteiger partial charge on any atom is -0.491 e. The molecule has 0 bridgehead atoms. The van der Waals surface area contributed by atoms with Gasteiger partial charge in [-0.25, -0.2) is 0 Å². The van der Waals surface area contributed by atoms with Crippen LogP contribution in [0.25, 0.3) is 0 Å². The average Bonchev–Trinajstić information content (AvgIpc) is 3.37. The topological polar surface area (TPSA) is 39.2 Å². The molecule has 1 aromatic carbocycles. The number of hydrogen-bond donors (Lipinski definition) is 1. The molecule has 3 aliphatic rings. The number of nitrogens with zero attached hydrogens (tertiary/aromatic N) is 3. The number of aliphatic hydroxyl groups excluding tert-OH is 1. The standard InChI is InChI=1S/C24H39N3O2/c1-2-25-12-14-26(15-13-25)18-22(28)19-29-23-7-5-6-21(16-23)17-27-11-10-24(20-27)8-3-4-9-24/h5-7,16,22,28H,2-4,8-15,17-20H2,1H3. The Bertz CT molecular complexity index is 639. The van der Waals surface area contributed by atoms with Gasteiger partial charge >= 0.3 is 0 Å². The normalized spacial score (nSPS) is 24.3. The molecule has 1 unspecified atom stereocenters. The van der Waals surface area contributed by atoms with Crippen LogP contribution < -0.4 is 4.74 Å². The van der Waals surface area contributed by atoms with Crippen LogP contribution in [0.5, 0.6) is 5.75 Å². The van der Waals surface area contributed by atoms with Gasteiger partial charge in [0, 0.05) is 45.8 Å². The van der Waals surface area contributed by atoms with Gasteiger partial charge in [-0.05, 0) is 55.5 Å². The fourth-order valence-corrected chi connectivity index (χ4v) is 5.52. The van der Waals surface area contributed by atoms with Gasteiger partial charge < -0.3 is 14.7 Å². The van der Waals surface area contributed by atoms with Crippen LogP contribution >= 0.6 is 0 Å². The summed E-state index contributed by atoms with van der Waals surface area (Å²) >= 11 is 0. The van der Waals surface area contributed by atoms with Crippen molar-refractivity contribution < 1.29 is 9.84 Å². The Hall–Kier alpha value is -1.14. The number of piperazine rings is 1. The molecule has 0 aromatic heterocycles. The molecule has 29 heavy (non-hydrogen) atoms. The van der Waals surface area contributed by atoms with Gasteiger partial charge in [0.05, 0.1) is 0 Å². The second kappa shape index (κ2) is 9.78.